The number of halogens is 4. The minimum atomic E-state index is -2.59. The fourth-order valence-corrected chi connectivity index (χ4v) is 4.90. The molecule has 2 aliphatic rings. The van der Waals surface area contributed by atoms with Crippen LogP contribution in [0.25, 0.3) is 0 Å². The smallest absolute Gasteiger partial charge is 0.356 e. The van der Waals surface area contributed by atoms with Crippen LogP contribution in [0, 0.1) is 0 Å². The van der Waals surface area contributed by atoms with Gasteiger partial charge in [-0.15, -0.1) is 0 Å². The van der Waals surface area contributed by atoms with Crippen LogP contribution in [0.4, 0.5) is 17.6 Å². The second-order valence-electron chi connectivity index (χ2n) is 9.68. The minimum absolute atomic E-state index is 0.0104. The molecule has 8 nitrogen and oxygen atoms in total. The van der Waals surface area contributed by atoms with E-state index in [1.54, 1.807) is 0 Å². The maximum atomic E-state index is 13.2. The second-order valence-corrected chi connectivity index (χ2v) is 9.68. The number of alkyl halides is 4. The van der Waals surface area contributed by atoms with Crippen molar-refractivity contribution in [1.82, 2.24) is 9.97 Å². The van der Waals surface area contributed by atoms with Crippen molar-refractivity contribution < 1.29 is 46.5 Å². The van der Waals surface area contributed by atoms with Gasteiger partial charge >= 0.3 is 11.9 Å². The molecule has 1 N–H and O–H groups in total. The van der Waals surface area contributed by atoms with Crippen molar-refractivity contribution >= 4 is 11.9 Å². The number of ether oxygens (including phenoxy) is 3. The molecule has 0 radical (unpaired) electrons. The van der Waals surface area contributed by atoms with E-state index in [1.165, 1.54) is 45.9 Å². The average Bonchev–Trinajstić information content (AvgIpc) is 2.92. The normalized spacial score (nSPS) is 18.8. The molecule has 0 aromatic carbocycles. The molecule has 2 aromatic heterocycles. The molecule has 12 heteroatoms. The summed E-state index contributed by atoms with van der Waals surface area (Å²) in [6.45, 7) is 0. The number of rotatable bonds is 6. The summed E-state index contributed by atoms with van der Waals surface area (Å²) < 4.78 is 67.6. The van der Waals surface area contributed by atoms with Crippen LogP contribution in [0.3, 0.4) is 0 Å². The van der Waals surface area contributed by atoms with Crippen molar-refractivity contribution in [3.63, 3.8) is 0 Å². The fraction of sp³-hybridized carbons (Fsp3) is 0.556. The van der Waals surface area contributed by atoms with Crippen molar-refractivity contribution in [2.45, 2.75) is 75.0 Å². The lowest BCUT2D eigenvalue weighted by molar-refractivity contribution is -0.0389. The van der Waals surface area contributed by atoms with Gasteiger partial charge in [0.25, 0.3) is 0 Å². The number of carbonyl (C=O) groups is 2. The van der Waals surface area contributed by atoms with Crippen molar-refractivity contribution in [2.75, 3.05) is 21.3 Å². The first-order chi connectivity index (χ1) is 18.4. The molecular formula is C27H32F4N2O6. The predicted molar refractivity (Wildman–Crippen MR) is 132 cm³/mol. The van der Waals surface area contributed by atoms with Crippen LogP contribution in [0.15, 0.2) is 24.5 Å². The Hall–Kier alpha value is -3.44. The zero-order chi connectivity index (χ0) is 28.8. The number of esters is 1. The third-order valence-electron chi connectivity index (χ3n) is 7.16. The van der Waals surface area contributed by atoms with E-state index in [2.05, 4.69) is 14.7 Å². The Morgan fingerprint density at radius 2 is 1.15 bits per heavy atom. The van der Waals surface area contributed by atoms with Crippen LogP contribution in [0.1, 0.15) is 95.3 Å². The number of carbonyl (C=O) groups excluding carboxylic acids is 1. The van der Waals surface area contributed by atoms with Gasteiger partial charge in [0.2, 0.25) is 11.8 Å². The third-order valence-corrected chi connectivity index (χ3v) is 7.16. The molecule has 0 spiro atoms. The average molecular weight is 557 g/mol. The van der Waals surface area contributed by atoms with Gasteiger partial charge in [-0.1, -0.05) is 0 Å². The molecule has 214 valence electrons. The summed E-state index contributed by atoms with van der Waals surface area (Å²) in [5.41, 5.74) is 1.52. The maximum Gasteiger partial charge on any atom is 0.356 e. The first kappa shape index (κ1) is 30.1. The summed E-state index contributed by atoms with van der Waals surface area (Å²) in [5.74, 6) is -6.00. The SMILES string of the molecule is COC(=O)c1cc(OC)c(C2CCC(F)(F)CC2)cn1.COc1cc(C(=O)O)ncc1C1CCC(F)(F)CC1. The lowest BCUT2D eigenvalue weighted by Gasteiger charge is -2.29. The summed E-state index contributed by atoms with van der Waals surface area (Å²) >= 11 is 0. The number of aromatic nitrogens is 2. The minimum Gasteiger partial charge on any atom is -0.496 e. The Labute approximate surface area is 223 Å². The van der Waals surface area contributed by atoms with Gasteiger partial charge in [0.15, 0.2) is 11.4 Å². The summed E-state index contributed by atoms with van der Waals surface area (Å²) in [5, 5.41) is 8.86. The summed E-state index contributed by atoms with van der Waals surface area (Å²) in [7, 11) is 4.19. The Balaban J connectivity index is 0.000000216. The van der Waals surface area contributed by atoms with Gasteiger partial charge in [-0.05, 0) is 37.5 Å². The van der Waals surface area contributed by atoms with Gasteiger partial charge in [-0.2, -0.15) is 0 Å². The topological polar surface area (TPSA) is 108 Å². The molecular weight excluding hydrogens is 524 g/mol. The van der Waals surface area contributed by atoms with Gasteiger partial charge < -0.3 is 19.3 Å². The standard InChI is InChI=1S/C14H17F2NO3.C13H15F2NO3/c1-19-12-7-11(13(18)20-2)17-8-10(12)9-3-5-14(15,16)6-4-9;1-19-11-6-10(12(17)18)16-7-9(11)8-2-4-13(14,15)5-3-8/h7-9H,3-6H2,1-2H3;6-8H,2-5H2,1H3,(H,17,18). The van der Waals surface area contributed by atoms with Crippen LogP contribution in [0.2, 0.25) is 0 Å². The largest absolute Gasteiger partial charge is 0.496 e. The first-order valence-corrected chi connectivity index (χ1v) is 12.5. The molecule has 39 heavy (non-hydrogen) atoms. The van der Waals surface area contributed by atoms with E-state index >= 15 is 0 Å². The molecule has 4 rings (SSSR count). The van der Waals surface area contributed by atoms with E-state index in [-0.39, 0.29) is 48.9 Å². The van der Waals surface area contributed by atoms with Gasteiger partial charge in [0, 0.05) is 61.3 Å². The number of carboxylic acids is 1. The van der Waals surface area contributed by atoms with Crippen molar-refractivity contribution in [3.05, 3.63) is 47.0 Å². The van der Waals surface area contributed by atoms with E-state index < -0.39 is 23.8 Å². The highest BCUT2D eigenvalue weighted by molar-refractivity contribution is 5.87. The van der Waals surface area contributed by atoms with Crippen LogP contribution < -0.4 is 9.47 Å². The van der Waals surface area contributed by atoms with E-state index in [0.717, 1.165) is 5.56 Å². The van der Waals surface area contributed by atoms with Crippen LogP contribution in [-0.2, 0) is 4.74 Å². The first-order valence-electron chi connectivity index (χ1n) is 12.5. The zero-order valence-electron chi connectivity index (χ0n) is 22.0. The molecule has 2 heterocycles. The highest BCUT2D eigenvalue weighted by Crippen LogP contribution is 2.44. The highest BCUT2D eigenvalue weighted by Gasteiger charge is 2.37. The van der Waals surface area contributed by atoms with Gasteiger partial charge in [-0.25, -0.2) is 37.1 Å². The van der Waals surface area contributed by atoms with Crippen molar-refractivity contribution in [3.8, 4) is 11.5 Å². The molecule has 0 saturated heterocycles. The lowest BCUT2D eigenvalue weighted by Crippen LogP contribution is -2.24. The van der Waals surface area contributed by atoms with Crippen molar-refractivity contribution in [2.24, 2.45) is 0 Å². The Bertz CT molecular complexity index is 1160. The van der Waals surface area contributed by atoms with Gasteiger partial charge in [0.1, 0.15) is 11.5 Å². The number of aromatic carboxylic acids is 1. The number of carboxylic acid groups (broad SMARTS) is 1. The number of nitrogens with zero attached hydrogens (tertiary/aromatic N) is 2. The van der Waals surface area contributed by atoms with Crippen molar-refractivity contribution in [1.29, 1.82) is 0 Å². The number of hydrogen-bond donors (Lipinski definition) is 1. The monoisotopic (exact) mass is 556 g/mol. The Morgan fingerprint density at radius 3 is 1.51 bits per heavy atom. The third kappa shape index (κ3) is 7.79. The van der Waals surface area contributed by atoms with E-state index in [4.69, 9.17) is 14.6 Å². The number of pyridine rings is 2. The number of methoxy groups -OCH3 is 3. The zero-order valence-corrected chi connectivity index (χ0v) is 22.0. The van der Waals surface area contributed by atoms with Gasteiger partial charge in [-0.3, -0.25) is 0 Å². The molecule has 0 atom stereocenters. The molecule has 0 aliphatic heterocycles. The van der Waals surface area contributed by atoms with Gasteiger partial charge in [0.05, 0.1) is 21.3 Å². The second kappa shape index (κ2) is 12.6. The van der Waals surface area contributed by atoms with Crippen LogP contribution in [-0.4, -0.2) is 60.2 Å². The van der Waals surface area contributed by atoms with E-state index in [1.807, 2.05) is 0 Å². The number of hydrogen-bond acceptors (Lipinski definition) is 7. The molecule has 0 amide bonds. The molecule has 0 unspecified atom stereocenters. The molecule has 2 aliphatic carbocycles. The highest BCUT2D eigenvalue weighted by atomic mass is 19.3. The van der Waals surface area contributed by atoms with E-state index in [9.17, 15) is 27.2 Å². The Kier molecular flexibility index (Phi) is 9.73. The lowest BCUT2D eigenvalue weighted by atomic mass is 9.82. The molecule has 2 fully saturated rings. The summed E-state index contributed by atoms with van der Waals surface area (Å²) in [6, 6.07) is 2.83. The Morgan fingerprint density at radius 1 is 0.769 bits per heavy atom. The fourth-order valence-electron chi connectivity index (χ4n) is 4.90. The molecule has 2 aromatic rings. The van der Waals surface area contributed by atoms with Crippen LogP contribution in [0.5, 0.6) is 11.5 Å². The summed E-state index contributed by atoms with van der Waals surface area (Å²) in [4.78, 5) is 30.1. The molecule has 0 bridgehead atoms. The van der Waals surface area contributed by atoms with E-state index in [0.29, 0.717) is 42.7 Å². The maximum absolute atomic E-state index is 13.2. The molecule has 2 saturated carbocycles. The summed E-state index contributed by atoms with van der Waals surface area (Å²) in [6.07, 6.45) is 3.90. The quantitative estimate of drug-likeness (QED) is 0.329. The van der Waals surface area contributed by atoms with Crippen LogP contribution >= 0.6 is 0 Å². The predicted octanol–water partition coefficient (Wildman–Crippen LogP) is 6.25.